The second kappa shape index (κ2) is 6.87. The van der Waals surface area contributed by atoms with Crippen LogP contribution in [-0.2, 0) is 13.1 Å². The molecule has 0 bridgehead atoms. The highest BCUT2D eigenvalue weighted by atomic mass is 79.9. The number of nitrogens with zero attached hydrogens (tertiary/aromatic N) is 2. The van der Waals surface area contributed by atoms with E-state index in [0.29, 0.717) is 6.04 Å². The summed E-state index contributed by atoms with van der Waals surface area (Å²) in [7, 11) is 0. The van der Waals surface area contributed by atoms with Gasteiger partial charge < -0.3 is 9.88 Å². The highest BCUT2D eigenvalue weighted by molar-refractivity contribution is 9.10. The molecule has 1 N–H and O–H groups in total. The third kappa shape index (κ3) is 3.91. The van der Waals surface area contributed by atoms with Crippen LogP contribution in [0.5, 0.6) is 0 Å². The van der Waals surface area contributed by atoms with E-state index in [1.54, 1.807) is 0 Å². The SMILES string of the molecule is CCCn1cncc1CNC(C)c1cccc(Br)c1. The lowest BCUT2D eigenvalue weighted by Crippen LogP contribution is -2.20. The molecule has 0 fully saturated rings. The summed E-state index contributed by atoms with van der Waals surface area (Å²) in [5.74, 6) is 0. The minimum absolute atomic E-state index is 0.322. The number of hydrogen-bond acceptors (Lipinski definition) is 2. The van der Waals surface area contributed by atoms with Crippen LogP contribution >= 0.6 is 15.9 Å². The van der Waals surface area contributed by atoms with Crippen LogP contribution in [0.2, 0.25) is 0 Å². The topological polar surface area (TPSA) is 29.9 Å². The Balaban J connectivity index is 1.96. The molecule has 0 aliphatic heterocycles. The van der Waals surface area contributed by atoms with Crippen LogP contribution in [0.3, 0.4) is 0 Å². The molecule has 2 aromatic rings. The molecule has 1 aromatic carbocycles. The normalized spacial score (nSPS) is 12.6. The highest BCUT2D eigenvalue weighted by Crippen LogP contribution is 2.18. The molecule has 0 radical (unpaired) electrons. The summed E-state index contributed by atoms with van der Waals surface area (Å²) < 4.78 is 3.33. The fourth-order valence-electron chi connectivity index (χ4n) is 2.09. The van der Waals surface area contributed by atoms with Crippen LogP contribution in [0, 0.1) is 0 Å². The molecule has 102 valence electrons. The largest absolute Gasteiger partial charge is 0.333 e. The lowest BCUT2D eigenvalue weighted by atomic mass is 10.1. The fraction of sp³-hybridized carbons (Fsp3) is 0.400. The Labute approximate surface area is 123 Å². The van der Waals surface area contributed by atoms with Crippen molar-refractivity contribution in [2.24, 2.45) is 0 Å². The Morgan fingerprint density at radius 1 is 1.42 bits per heavy atom. The lowest BCUT2D eigenvalue weighted by molar-refractivity contribution is 0.541. The molecule has 0 spiro atoms. The molecule has 4 heteroatoms. The first kappa shape index (κ1) is 14.3. The molecule has 1 unspecified atom stereocenters. The van der Waals surface area contributed by atoms with Crippen LogP contribution in [0.4, 0.5) is 0 Å². The first-order chi connectivity index (χ1) is 9.20. The first-order valence-corrected chi connectivity index (χ1v) is 7.48. The minimum Gasteiger partial charge on any atom is -0.333 e. The summed E-state index contributed by atoms with van der Waals surface area (Å²) in [5.41, 5.74) is 2.53. The van der Waals surface area contributed by atoms with E-state index in [4.69, 9.17) is 0 Å². The second-order valence-corrected chi connectivity index (χ2v) is 5.65. The average Bonchev–Trinajstić information content (AvgIpc) is 2.84. The van der Waals surface area contributed by atoms with E-state index >= 15 is 0 Å². The second-order valence-electron chi connectivity index (χ2n) is 4.74. The summed E-state index contributed by atoms with van der Waals surface area (Å²) in [6.45, 7) is 6.24. The number of rotatable bonds is 6. The number of benzene rings is 1. The van der Waals surface area contributed by atoms with Gasteiger partial charge in [-0.3, -0.25) is 0 Å². The van der Waals surface area contributed by atoms with Crippen molar-refractivity contribution in [3.05, 3.63) is 52.5 Å². The quantitative estimate of drug-likeness (QED) is 0.874. The summed E-state index contributed by atoms with van der Waals surface area (Å²) in [4.78, 5) is 4.22. The molecule has 1 aromatic heterocycles. The van der Waals surface area contributed by atoms with Crippen LogP contribution in [0.15, 0.2) is 41.3 Å². The molecule has 0 saturated heterocycles. The molecule has 19 heavy (non-hydrogen) atoms. The first-order valence-electron chi connectivity index (χ1n) is 6.68. The van der Waals surface area contributed by atoms with Crippen molar-refractivity contribution in [2.75, 3.05) is 0 Å². The Morgan fingerprint density at radius 3 is 3.00 bits per heavy atom. The smallest absolute Gasteiger partial charge is 0.0948 e. The third-order valence-electron chi connectivity index (χ3n) is 3.20. The van der Waals surface area contributed by atoms with Crippen LogP contribution in [0.1, 0.15) is 37.6 Å². The summed E-state index contributed by atoms with van der Waals surface area (Å²) in [6.07, 6.45) is 4.98. The number of aromatic nitrogens is 2. The molecule has 3 nitrogen and oxygen atoms in total. The van der Waals surface area contributed by atoms with E-state index in [9.17, 15) is 0 Å². The van der Waals surface area contributed by atoms with Gasteiger partial charge in [0.25, 0.3) is 0 Å². The van der Waals surface area contributed by atoms with Gasteiger partial charge in [-0.2, -0.15) is 0 Å². The molecule has 1 atom stereocenters. The average molecular weight is 322 g/mol. The zero-order valence-corrected chi connectivity index (χ0v) is 13.0. The summed E-state index contributed by atoms with van der Waals surface area (Å²) >= 11 is 3.51. The maximum Gasteiger partial charge on any atom is 0.0948 e. The van der Waals surface area contributed by atoms with Crippen molar-refractivity contribution in [1.82, 2.24) is 14.9 Å². The lowest BCUT2D eigenvalue weighted by Gasteiger charge is -2.15. The number of halogens is 1. The Morgan fingerprint density at radius 2 is 2.26 bits per heavy atom. The van der Waals surface area contributed by atoms with E-state index < -0.39 is 0 Å². The van der Waals surface area contributed by atoms with E-state index in [1.807, 2.05) is 18.6 Å². The molecule has 0 aliphatic rings. The fourth-order valence-corrected chi connectivity index (χ4v) is 2.51. The van der Waals surface area contributed by atoms with Crippen molar-refractivity contribution >= 4 is 15.9 Å². The zero-order valence-electron chi connectivity index (χ0n) is 11.4. The molecule has 1 heterocycles. The van der Waals surface area contributed by atoms with E-state index in [0.717, 1.165) is 24.0 Å². The van der Waals surface area contributed by atoms with Gasteiger partial charge >= 0.3 is 0 Å². The van der Waals surface area contributed by atoms with Crippen LogP contribution in [-0.4, -0.2) is 9.55 Å². The molecule has 2 rings (SSSR count). The third-order valence-corrected chi connectivity index (χ3v) is 3.69. The van der Waals surface area contributed by atoms with E-state index in [-0.39, 0.29) is 0 Å². The van der Waals surface area contributed by atoms with Crippen LogP contribution < -0.4 is 5.32 Å². The predicted octanol–water partition coefficient (Wildman–Crippen LogP) is 3.91. The number of aryl methyl sites for hydroxylation is 1. The van der Waals surface area contributed by atoms with Gasteiger partial charge in [-0.05, 0) is 31.0 Å². The van der Waals surface area contributed by atoms with E-state index in [1.165, 1.54) is 11.3 Å². The van der Waals surface area contributed by atoms with Crippen molar-refractivity contribution in [3.63, 3.8) is 0 Å². The number of nitrogens with one attached hydrogen (secondary N) is 1. The van der Waals surface area contributed by atoms with Gasteiger partial charge in [0.05, 0.1) is 12.0 Å². The van der Waals surface area contributed by atoms with Gasteiger partial charge in [-0.15, -0.1) is 0 Å². The molecule has 0 amide bonds. The summed E-state index contributed by atoms with van der Waals surface area (Å²) in [6, 6.07) is 8.74. The maximum absolute atomic E-state index is 4.22. The summed E-state index contributed by atoms with van der Waals surface area (Å²) in [5, 5.41) is 3.55. The van der Waals surface area contributed by atoms with Crippen molar-refractivity contribution in [1.29, 1.82) is 0 Å². The number of imidazole rings is 1. The van der Waals surface area contributed by atoms with Gasteiger partial charge in [0.15, 0.2) is 0 Å². The Hall–Kier alpha value is -1.13. The zero-order chi connectivity index (χ0) is 13.7. The van der Waals surface area contributed by atoms with Crippen molar-refractivity contribution in [3.8, 4) is 0 Å². The standard InChI is InChI=1S/C15H20BrN3/c1-3-7-19-11-17-9-15(19)10-18-12(2)13-5-4-6-14(16)8-13/h4-6,8-9,11-12,18H,3,7,10H2,1-2H3. The van der Waals surface area contributed by atoms with E-state index in [2.05, 4.69) is 62.8 Å². The van der Waals surface area contributed by atoms with Crippen molar-refractivity contribution < 1.29 is 0 Å². The van der Waals surface area contributed by atoms with Gasteiger partial charge in [-0.25, -0.2) is 4.98 Å². The molecular formula is C15H20BrN3. The van der Waals surface area contributed by atoms with Gasteiger partial charge in [-0.1, -0.05) is 35.0 Å². The predicted molar refractivity (Wildman–Crippen MR) is 81.9 cm³/mol. The van der Waals surface area contributed by atoms with Gasteiger partial charge in [0.2, 0.25) is 0 Å². The molecule has 0 aliphatic carbocycles. The minimum atomic E-state index is 0.322. The molecule has 0 saturated carbocycles. The maximum atomic E-state index is 4.22. The highest BCUT2D eigenvalue weighted by Gasteiger charge is 2.07. The van der Waals surface area contributed by atoms with Crippen molar-refractivity contribution in [2.45, 2.75) is 39.4 Å². The molecular weight excluding hydrogens is 302 g/mol. The number of hydrogen-bond donors (Lipinski definition) is 1. The van der Waals surface area contributed by atoms with Gasteiger partial charge in [0, 0.05) is 29.8 Å². The monoisotopic (exact) mass is 321 g/mol. The van der Waals surface area contributed by atoms with Gasteiger partial charge in [0.1, 0.15) is 0 Å². The Kier molecular flexibility index (Phi) is 5.16. The Bertz CT molecular complexity index is 522. The van der Waals surface area contributed by atoms with Crippen LogP contribution in [0.25, 0.3) is 0 Å².